The Bertz CT molecular complexity index is 1180. The molecule has 166 valence electrons. The Kier molecular flexibility index (Phi) is 6.49. The number of unbranched alkanes of at least 4 members (excludes halogenated alkanes) is 1. The maximum Gasteiger partial charge on any atom is 0.252 e. The van der Waals surface area contributed by atoms with Gasteiger partial charge >= 0.3 is 0 Å². The van der Waals surface area contributed by atoms with Crippen molar-refractivity contribution in [2.45, 2.75) is 32.7 Å². The summed E-state index contributed by atoms with van der Waals surface area (Å²) in [7, 11) is 0. The van der Waals surface area contributed by atoms with E-state index in [1.54, 1.807) is 41.4 Å². The number of pyridine rings is 1. The lowest BCUT2D eigenvalue weighted by atomic mass is 10.1. The molecule has 4 aromatic rings. The third-order valence-corrected chi connectivity index (χ3v) is 5.01. The van der Waals surface area contributed by atoms with Crippen LogP contribution in [-0.2, 0) is 0 Å². The van der Waals surface area contributed by atoms with Crippen LogP contribution < -0.4 is 10.1 Å². The zero-order chi connectivity index (χ0) is 22.5. The van der Waals surface area contributed by atoms with Crippen molar-refractivity contribution < 1.29 is 18.3 Å². The molecule has 0 radical (unpaired) electrons. The summed E-state index contributed by atoms with van der Waals surface area (Å²) in [4.78, 5) is 17.7. The summed E-state index contributed by atoms with van der Waals surface area (Å²) in [6.45, 7) is 5.03. The fourth-order valence-electron chi connectivity index (χ4n) is 3.38. The third kappa shape index (κ3) is 4.80. The molecular formula is C24H25FN4O3. The average molecular weight is 436 g/mol. The fraction of sp³-hybridized carbons (Fsp3) is 0.292. The number of benzene rings is 1. The predicted molar refractivity (Wildman–Crippen MR) is 119 cm³/mol. The zero-order valence-electron chi connectivity index (χ0n) is 18.0. The second-order valence-electron chi connectivity index (χ2n) is 7.72. The van der Waals surface area contributed by atoms with Crippen molar-refractivity contribution in [2.75, 3.05) is 13.2 Å². The summed E-state index contributed by atoms with van der Waals surface area (Å²) >= 11 is 0. The summed E-state index contributed by atoms with van der Waals surface area (Å²) in [5.74, 6) is 0.741. The molecule has 0 unspecified atom stereocenters. The first kappa shape index (κ1) is 21.5. The van der Waals surface area contributed by atoms with Gasteiger partial charge in [-0.25, -0.2) is 14.1 Å². The zero-order valence-corrected chi connectivity index (χ0v) is 18.0. The van der Waals surface area contributed by atoms with Gasteiger partial charge in [-0.2, -0.15) is 5.10 Å². The fourth-order valence-corrected chi connectivity index (χ4v) is 3.38. The van der Waals surface area contributed by atoms with Gasteiger partial charge in [0.2, 0.25) is 0 Å². The first-order valence-corrected chi connectivity index (χ1v) is 10.6. The molecule has 1 amide bonds. The molecule has 0 aliphatic heterocycles. The number of ether oxygens (including phenoxy) is 1. The quantitative estimate of drug-likeness (QED) is 0.373. The van der Waals surface area contributed by atoms with Gasteiger partial charge in [-0.05, 0) is 69.2 Å². The van der Waals surface area contributed by atoms with E-state index in [-0.39, 0.29) is 17.8 Å². The molecule has 0 saturated carbocycles. The second-order valence-corrected chi connectivity index (χ2v) is 7.72. The summed E-state index contributed by atoms with van der Waals surface area (Å²) in [5.41, 5.74) is 1.74. The van der Waals surface area contributed by atoms with Gasteiger partial charge in [0.25, 0.3) is 5.91 Å². The number of halogens is 1. The van der Waals surface area contributed by atoms with Crippen molar-refractivity contribution in [3.05, 3.63) is 66.3 Å². The molecule has 0 fully saturated rings. The number of amides is 1. The molecule has 0 aliphatic carbocycles. The van der Waals surface area contributed by atoms with Crippen LogP contribution in [-0.4, -0.2) is 33.8 Å². The molecule has 0 atom stereocenters. The van der Waals surface area contributed by atoms with Crippen LogP contribution in [0.2, 0.25) is 0 Å². The van der Waals surface area contributed by atoms with E-state index < -0.39 is 0 Å². The van der Waals surface area contributed by atoms with Crippen molar-refractivity contribution in [1.29, 1.82) is 0 Å². The average Bonchev–Trinajstić information content (AvgIpc) is 3.46. The summed E-state index contributed by atoms with van der Waals surface area (Å²) in [6.07, 6.45) is 4.76. The molecular weight excluding hydrogens is 411 g/mol. The van der Waals surface area contributed by atoms with Crippen molar-refractivity contribution in [3.63, 3.8) is 0 Å². The second kappa shape index (κ2) is 9.64. The van der Waals surface area contributed by atoms with Gasteiger partial charge in [0.05, 0.1) is 30.0 Å². The summed E-state index contributed by atoms with van der Waals surface area (Å²) in [5, 5.41) is 8.09. The Morgan fingerprint density at radius 2 is 2.03 bits per heavy atom. The van der Waals surface area contributed by atoms with E-state index >= 15 is 0 Å². The molecule has 8 heteroatoms. The highest BCUT2D eigenvalue weighted by Crippen LogP contribution is 2.26. The highest BCUT2D eigenvalue weighted by atomic mass is 19.1. The number of carbonyl (C=O) groups excluding carboxylic acids is 1. The maximum atomic E-state index is 13.0. The van der Waals surface area contributed by atoms with Crippen molar-refractivity contribution in [3.8, 4) is 17.2 Å². The Balaban J connectivity index is 1.40. The minimum atomic E-state index is -0.292. The van der Waals surface area contributed by atoms with E-state index in [2.05, 4.69) is 15.4 Å². The molecule has 1 aromatic carbocycles. The molecule has 0 bridgehead atoms. The van der Waals surface area contributed by atoms with Crippen LogP contribution in [0.3, 0.4) is 0 Å². The molecule has 4 rings (SSSR count). The monoisotopic (exact) mass is 436 g/mol. The Hall–Kier alpha value is -3.68. The van der Waals surface area contributed by atoms with E-state index in [0.717, 1.165) is 12.8 Å². The number of nitrogens with one attached hydrogen (secondary N) is 1. The van der Waals surface area contributed by atoms with Crippen LogP contribution in [0.4, 0.5) is 4.39 Å². The van der Waals surface area contributed by atoms with Crippen LogP contribution in [0.25, 0.3) is 22.5 Å². The first-order valence-electron chi connectivity index (χ1n) is 10.6. The standard InChI is InChI=1S/C24H25FN4O3/c1-16(2)29-23-20(15-27-29)19(14-21(28-23)22-6-5-13-32-22)24(30)26-11-3-4-12-31-18-9-7-17(25)8-10-18/h5-10,13-16H,3-4,11-12H2,1-2H3,(H,26,30). The highest BCUT2D eigenvalue weighted by Gasteiger charge is 2.19. The molecule has 1 N–H and O–H groups in total. The van der Waals surface area contributed by atoms with E-state index in [1.165, 1.54) is 12.1 Å². The van der Waals surface area contributed by atoms with Gasteiger partial charge < -0.3 is 14.5 Å². The van der Waals surface area contributed by atoms with Crippen LogP contribution in [0, 0.1) is 5.82 Å². The van der Waals surface area contributed by atoms with Crippen LogP contribution >= 0.6 is 0 Å². The van der Waals surface area contributed by atoms with E-state index in [9.17, 15) is 9.18 Å². The van der Waals surface area contributed by atoms with Crippen LogP contribution in [0.5, 0.6) is 5.75 Å². The van der Waals surface area contributed by atoms with Gasteiger partial charge in [0, 0.05) is 12.6 Å². The van der Waals surface area contributed by atoms with Gasteiger partial charge in [0.15, 0.2) is 11.4 Å². The number of nitrogens with zero attached hydrogens (tertiary/aromatic N) is 3. The number of aromatic nitrogens is 3. The Morgan fingerprint density at radius 3 is 2.75 bits per heavy atom. The molecule has 0 saturated heterocycles. The Morgan fingerprint density at radius 1 is 1.22 bits per heavy atom. The number of furan rings is 1. The minimum absolute atomic E-state index is 0.101. The lowest BCUT2D eigenvalue weighted by molar-refractivity contribution is 0.0954. The molecule has 0 spiro atoms. The van der Waals surface area contributed by atoms with Crippen molar-refractivity contribution >= 4 is 16.9 Å². The maximum absolute atomic E-state index is 13.0. The smallest absolute Gasteiger partial charge is 0.252 e. The Labute approximate surface area is 185 Å². The van der Waals surface area contributed by atoms with Gasteiger partial charge in [-0.1, -0.05) is 0 Å². The highest BCUT2D eigenvalue weighted by molar-refractivity contribution is 6.06. The lowest BCUT2D eigenvalue weighted by Crippen LogP contribution is -2.25. The molecule has 0 aliphatic rings. The molecule has 3 heterocycles. The normalized spacial score (nSPS) is 11.2. The van der Waals surface area contributed by atoms with Crippen LogP contribution in [0.15, 0.2) is 59.3 Å². The van der Waals surface area contributed by atoms with Gasteiger partial charge in [-0.3, -0.25) is 4.79 Å². The van der Waals surface area contributed by atoms with E-state index in [4.69, 9.17) is 9.15 Å². The topological polar surface area (TPSA) is 82.2 Å². The van der Waals surface area contributed by atoms with E-state index in [1.807, 2.05) is 19.9 Å². The van der Waals surface area contributed by atoms with E-state index in [0.29, 0.717) is 47.0 Å². The number of carbonyl (C=O) groups is 1. The lowest BCUT2D eigenvalue weighted by Gasteiger charge is -2.10. The molecule has 32 heavy (non-hydrogen) atoms. The predicted octanol–water partition coefficient (Wildman–Crippen LogP) is 5.00. The molecule has 7 nitrogen and oxygen atoms in total. The third-order valence-electron chi connectivity index (χ3n) is 5.01. The minimum Gasteiger partial charge on any atom is -0.494 e. The summed E-state index contributed by atoms with van der Waals surface area (Å²) < 4.78 is 25.8. The summed E-state index contributed by atoms with van der Waals surface area (Å²) in [6, 6.07) is 11.4. The van der Waals surface area contributed by atoms with Crippen LogP contribution in [0.1, 0.15) is 43.1 Å². The largest absolute Gasteiger partial charge is 0.494 e. The number of hydrogen-bond donors (Lipinski definition) is 1. The first-order chi connectivity index (χ1) is 15.5. The number of fused-ring (bicyclic) bond motifs is 1. The van der Waals surface area contributed by atoms with Gasteiger partial charge in [-0.15, -0.1) is 0 Å². The molecule has 3 aromatic heterocycles. The SMILES string of the molecule is CC(C)n1ncc2c(C(=O)NCCCCOc3ccc(F)cc3)cc(-c3ccco3)nc21. The number of rotatable bonds is 9. The van der Waals surface area contributed by atoms with Crippen molar-refractivity contribution in [2.24, 2.45) is 0 Å². The number of hydrogen-bond acceptors (Lipinski definition) is 5. The van der Waals surface area contributed by atoms with Gasteiger partial charge in [0.1, 0.15) is 17.3 Å². The van der Waals surface area contributed by atoms with Crippen molar-refractivity contribution in [1.82, 2.24) is 20.1 Å².